The number of urea groups is 1. The maximum atomic E-state index is 12.9. The molecule has 0 saturated carbocycles. The summed E-state index contributed by atoms with van der Waals surface area (Å²) in [6, 6.07) is 7.12. The molecule has 3 amide bonds. The van der Waals surface area contributed by atoms with E-state index in [2.05, 4.69) is 15.5 Å². The predicted octanol–water partition coefficient (Wildman–Crippen LogP) is 2.91. The number of anilines is 2. The summed E-state index contributed by atoms with van der Waals surface area (Å²) in [5.41, 5.74) is 2.47. The van der Waals surface area contributed by atoms with Crippen LogP contribution in [0.4, 0.5) is 16.3 Å². The van der Waals surface area contributed by atoms with Gasteiger partial charge < -0.3 is 4.90 Å². The molecule has 136 valence electrons. The summed E-state index contributed by atoms with van der Waals surface area (Å²) in [7, 11) is 0. The molecule has 0 bridgehead atoms. The minimum Gasteiger partial charge on any atom is -0.342 e. The molecule has 26 heavy (non-hydrogen) atoms. The Hall–Kier alpha value is -2.54. The first-order valence-corrected chi connectivity index (χ1v) is 8.92. The van der Waals surface area contributed by atoms with Crippen molar-refractivity contribution in [3.05, 3.63) is 40.5 Å². The smallest absolute Gasteiger partial charge is 0.327 e. The highest BCUT2D eigenvalue weighted by molar-refractivity contribution is 6.30. The number of likely N-dealkylation sites (tertiary alicyclic amines) is 1. The van der Waals surface area contributed by atoms with Crippen LogP contribution in [0.3, 0.4) is 0 Å². The van der Waals surface area contributed by atoms with Crippen LogP contribution in [0.15, 0.2) is 24.3 Å². The van der Waals surface area contributed by atoms with Gasteiger partial charge in [-0.2, -0.15) is 5.10 Å². The van der Waals surface area contributed by atoms with Gasteiger partial charge in [0.05, 0.1) is 0 Å². The third kappa shape index (κ3) is 2.72. The Kier molecular flexibility index (Phi) is 3.91. The third-order valence-electron chi connectivity index (χ3n) is 5.27. The summed E-state index contributed by atoms with van der Waals surface area (Å²) in [6.45, 7) is 5.26. The van der Waals surface area contributed by atoms with E-state index in [-0.39, 0.29) is 17.4 Å². The number of hydrogen-bond donors (Lipinski definition) is 2. The number of nitrogens with zero attached hydrogens (tertiary/aromatic N) is 3. The summed E-state index contributed by atoms with van der Waals surface area (Å²) in [4.78, 5) is 28.3. The minimum absolute atomic E-state index is 0.0559. The van der Waals surface area contributed by atoms with Gasteiger partial charge in [0.1, 0.15) is 0 Å². The molecule has 7 nitrogen and oxygen atoms in total. The highest BCUT2D eigenvalue weighted by Crippen LogP contribution is 2.47. The van der Waals surface area contributed by atoms with Gasteiger partial charge >= 0.3 is 6.03 Å². The molecule has 2 aromatic rings. The van der Waals surface area contributed by atoms with E-state index in [0.717, 1.165) is 23.4 Å². The van der Waals surface area contributed by atoms with Gasteiger partial charge in [-0.25, -0.2) is 4.79 Å². The fraction of sp³-hybridized carbons (Fsp3) is 0.389. The number of aryl methyl sites for hydroxylation is 1. The SMILES string of the molecule is CC(=O)N1CCC2(C1)CN(C(=O)Nc1cc(C)[nH]n1)c1ccc(Cl)cc12. The number of aromatic amines is 1. The van der Waals surface area contributed by atoms with Gasteiger partial charge in [-0.1, -0.05) is 11.6 Å². The molecule has 1 aromatic carbocycles. The van der Waals surface area contributed by atoms with Crippen molar-refractivity contribution in [2.45, 2.75) is 25.7 Å². The lowest BCUT2D eigenvalue weighted by atomic mass is 9.81. The number of aromatic nitrogens is 2. The standard InChI is InChI=1S/C18H20ClN5O2/c1-11-7-16(22-21-11)20-17(26)24-10-18(5-6-23(9-18)12(2)25)14-8-13(19)3-4-15(14)24/h3-4,7-8H,5-6,9-10H2,1-2H3,(H2,20,21,22,26). The molecule has 1 aromatic heterocycles. The van der Waals surface area contributed by atoms with Crippen LogP contribution in [0.1, 0.15) is 24.6 Å². The molecule has 2 N–H and O–H groups in total. The number of rotatable bonds is 1. The number of halogens is 1. The summed E-state index contributed by atoms with van der Waals surface area (Å²) in [6.07, 6.45) is 0.811. The van der Waals surface area contributed by atoms with Crippen molar-refractivity contribution in [2.75, 3.05) is 29.9 Å². The van der Waals surface area contributed by atoms with Crippen molar-refractivity contribution in [3.63, 3.8) is 0 Å². The molecule has 1 atom stereocenters. The second-order valence-electron chi connectivity index (χ2n) is 7.08. The summed E-state index contributed by atoms with van der Waals surface area (Å²) < 4.78 is 0. The maximum Gasteiger partial charge on any atom is 0.327 e. The van der Waals surface area contributed by atoms with Crippen molar-refractivity contribution < 1.29 is 9.59 Å². The molecular weight excluding hydrogens is 354 g/mol. The first-order valence-electron chi connectivity index (χ1n) is 8.54. The molecule has 4 rings (SSSR count). The molecule has 2 aliphatic heterocycles. The number of fused-ring (bicyclic) bond motifs is 2. The average Bonchev–Trinajstić information content (AvgIpc) is 3.27. The summed E-state index contributed by atoms with van der Waals surface area (Å²) >= 11 is 6.23. The molecule has 8 heteroatoms. The molecule has 0 radical (unpaired) electrons. The quantitative estimate of drug-likeness (QED) is 0.806. The van der Waals surface area contributed by atoms with Gasteiger partial charge in [0.2, 0.25) is 5.91 Å². The van der Waals surface area contributed by atoms with Gasteiger partial charge in [0.25, 0.3) is 0 Å². The molecule has 1 fully saturated rings. The van der Waals surface area contributed by atoms with Crippen molar-refractivity contribution in [1.82, 2.24) is 15.1 Å². The predicted molar refractivity (Wildman–Crippen MR) is 99.7 cm³/mol. The zero-order chi connectivity index (χ0) is 18.5. The van der Waals surface area contributed by atoms with E-state index in [4.69, 9.17) is 11.6 Å². The Balaban J connectivity index is 1.66. The van der Waals surface area contributed by atoms with Crippen molar-refractivity contribution in [1.29, 1.82) is 0 Å². The van der Waals surface area contributed by atoms with E-state index < -0.39 is 0 Å². The normalized spacial score (nSPS) is 21.3. The molecule has 1 saturated heterocycles. The number of hydrogen-bond acceptors (Lipinski definition) is 3. The summed E-state index contributed by atoms with van der Waals surface area (Å²) in [5.74, 6) is 0.543. The number of carbonyl (C=O) groups is 2. The largest absolute Gasteiger partial charge is 0.342 e. The van der Waals surface area contributed by atoms with Crippen molar-refractivity contribution >= 4 is 35.0 Å². The van der Waals surface area contributed by atoms with Crippen LogP contribution in [-0.2, 0) is 10.2 Å². The Morgan fingerprint density at radius 2 is 2.12 bits per heavy atom. The third-order valence-corrected chi connectivity index (χ3v) is 5.50. The number of H-pyrrole nitrogens is 1. The topological polar surface area (TPSA) is 81.3 Å². The zero-order valence-corrected chi connectivity index (χ0v) is 15.4. The van der Waals surface area contributed by atoms with Crippen LogP contribution in [0, 0.1) is 6.92 Å². The summed E-state index contributed by atoms with van der Waals surface area (Å²) in [5, 5.41) is 10.3. The van der Waals surface area contributed by atoms with Crippen LogP contribution in [-0.4, -0.2) is 46.7 Å². The minimum atomic E-state index is -0.273. The highest BCUT2D eigenvalue weighted by atomic mass is 35.5. The van der Waals surface area contributed by atoms with E-state index in [9.17, 15) is 9.59 Å². The van der Waals surface area contributed by atoms with Gasteiger partial charge in [-0.05, 0) is 37.1 Å². The van der Waals surface area contributed by atoms with Crippen LogP contribution in [0.2, 0.25) is 5.02 Å². The lowest BCUT2D eigenvalue weighted by Gasteiger charge is -2.25. The monoisotopic (exact) mass is 373 g/mol. The van der Waals surface area contributed by atoms with Gasteiger partial charge in [0, 0.05) is 54.4 Å². The van der Waals surface area contributed by atoms with E-state index in [1.165, 1.54) is 0 Å². The van der Waals surface area contributed by atoms with Gasteiger partial charge in [-0.3, -0.25) is 20.1 Å². The van der Waals surface area contributed by atoms with Crippen LogP contribution in [0.5, 0.6) is 0 Å². The second kappa shape index (κ2) is 6.02. The van der Waals surface area contributed by atoms with Crippen molar-refractivity contribution in [3.8, 4) is 0 Å². The van der Waals surface area contributed by atoms with Crippen molar-refractivity contribution in [2.24, 2.45) is 0 Å². The van der Waals surface area contributed by atoms with Crippen LogP contribution in [0.25, 0.3) is 0 Å². The van der Waals surface area contributed by atoms with E-state index in [1.807, 2.05) is 24.0 Å². The number of amides is 3. The Morgan fingerprint density at radius 3 is 2.77 bits per heavy atom. The number of nitrogens with one attached hydrogen (secondary N) is 2. The lowest BCUT2D eigenvalue weighted by molar-refractivity contribution is -0.127. The lowest BCUT2D eigenvalue weighted by Crippen LogP contribution is -2.41. The molecule has 1 unspecified atom stereocenters. The first-order chi connectivity index (χ1) is 12.4. The van der Waals surface area contributed by atoms with Crippen LogP contribution < -0.4 is 10.2 Å². The molecule has 0 aliphatic carbocycles. The van der Waals surface area contributed by atoms with E-state index in [0.29, 0.717) is 30.5 Å². The highest BCUT2D eigenvalue weighted by Gasteiger charge is 2.49. The fourth-order valence-electron chi connectivity index (χ4n) is 3.97. The Morgan fingerprint density at radius 1 is 1.31 bits per heavy atom. The Labute approximate surface area is 156 Å². The van der Waals surface area contributed by atoms with E-state index >= 15 is 0 Å². The maximum absolute atomic E-state index is 12.9. The average molecular weight is 374 g/mol. The molecular formula is C18H20ClN5O2. The number of carbonyl (C=O) groups excluding carboxylic acids is 2. The fourth-order valence-corrected chi connectivity index (χ4v) is 4.14. The molecule has 1 spiro atoms. The Bertz CT molecular complexity index is 895. The first kappa shape index (κ1) is 16.9. The second-order valence-corrected chi connectivity index (χ2v) is 7.52. The van der Waals surface area contributed by atoms with E-state index in [1.54, 1.807) is 24.0 Å². The van der Waals surface area contributed by atoms with Gasteiger partial charge in [-0.15, -0.1) is 0 Å². The molecule has 3 heterocycles. The van der Waals surface area contributed by atoms with Gasteiger partial charge in [0.15, 0.2) is 5.82 Å². The zero-order valence-electron chi connectivity index (χ0n) is 14.7. The van der Waals surface area contributed by atoms with Crippen LogP contribution >= 0.6 is 11.6 Å². The molecule has 2 aliphatic rings. The number of benzene rings is 1.